The largest absolute Gasteiger partial charge is 0.573 e. The summed E-state index contributed by atoms with van der Waals surface area (Å²) in [4.78, 5) is 6.81. The van der Waals surface area contributed by atoms with Crippen molar-refractivity contribution in [3.05, 3.63) is 41.9 Å². The first-order chi connectivity index (χ1) is 11.8. The van der Waals surface area contributed by atoms with Crippen LogP contribution in [0.4, 0.5) is 18.3 Å². The Labute approximate surface area is 147 Å². The summed E-state index contributed by atoms with van der Waals surface area (Å²) in [6.07, 6.45) is -2.78. The van der Waals surface area contributed by atoms with Gasteiger partial charge in [0.25, 0.3) is 0 Å². The van der Waals surface area contributed by atoms with Crippen molar-refractivity contribution in [2.75, 3.05) is 18.0 Å². The summed E-state index contributed by atoms with van der Waals surface area (Å²) in [6.45, 7) is 5.55. The lowest BCUT2D eigenvalue weighted by Gasteiger charge is -2.31. The number of halogens is 3. The van der Waals surface area contributed by atoms with Gasteiger partial charge >= 0.3 is 6.36 Å². The van der Waals surface area contributed by atoms with E-state index in [4.69, 9.17) is 5.73 Å². The summed E-state index contributed by atoms with van der Waals surface area (Å²) < 4.78 is 40.5. The number of rotatable bonds is 4. The number of piperidine rings is 1. The van der Waals surface area contributed by atoms with Crippen molar-refractivity contribution in [3.8, 4) is 17.0 Å². The molecule has 0 bridgehead atoms. The zero-order chi connectivity index (χ0) is 18.0. The van der Waals surface area contributed by atoms with Crippen LogP contribution in [0.5, 0.6) is 5.75 Å². The maximum atomic E-state index is 12.2. The van der Waals surface area contributed by atoms with Gasteiger partial charge in [-0.2, -0.15) is 0 Å². The summed E-state index contributed by atoms with van der Waals surface area (Å²) in [5.74, 6) is 0.118. The first kappa shape index (κ1) is 17.6. The highest BCUT2D eigenvalue weighted by atomic mass is 32.1. The summed E-state index contributed by atoms with van der Waals surface area (Å²) in [5.41, 5.74) is 8.00. The molecule has 0 unspecified atom stereocenters. The molecule has 0 amide bonds. The molecule has 1 saturated heterocycles. The van der Waals surface area contributed by atoms with Gasteiger partial charge in [0.1, 0.15) is 5.75 Å². The van der Waals surface area contributed by atoms with Crippen molar-refractivity contribution >= 4 is 16.5 Å². The number of hydrogen-bond acceptors (Lipinski definition) is 5. The number of allylic oxidation sites excluding steroid dienone is 1. The van der Waals surface area contributed by atoms with E-state index in [0.717, 1.165) is 48.0 Å². The minimum atomic E-state index is -4.68. The van der Waals surface area contributed by atoms with E-state index in [9.17, 15) is 13.2 Å². The number of thiazole rings is 1. The van der Waals surface area contributed by atoms with Crippen LogP contribution in [0.15, 0.2) is 41.9 Å². The molecule has 8 heteroatoms. The van der Waals surface area contributed by atoms with Crippen molar-refractivity contribution in [2.24, 2.45) is 11.7 Å². The number of nitrogens with zero attached hydrogens (tertiary/aromatic N) is 2. The minimum absolute atomic E-state index is 0.240. The zero-order valence-corrected chi connectivity index (χ0v) is 14.2. The van der Waals surface area contributed by atoms with Crippen LogP contribution in [0, 0.1) is 5.92 Å². The van der Waals surface area contributed by atoms with Gasteiger partial charge in [-0.05, 0) is 37.1 Å². The molecule has 134 valence electrons. The molecule has 0 aliphatic carbocycles. The molecule has 0 radical (unpaired) electrons. The molecule has 2 N–H and O–H groups in total. The van der Waals surface area contributed by atoms with Crippen LogP contribution in [-0.4, -0.2) is 24.4 Å². The van der Waals surface area contributed by atoms with Crippen LogP contribution in [0.3, 0.4) is 0 Å². The summed E-state index contributed by atoms with van der Waals surface area (Å²) in [5, 5.41) is 2.81. The average Bonchev–Trinajstić information content (AvgIpc) is 3.04. The van der Waals surface area contributed by atoms with Crippen molar-refractivity contribution in [1.29, 1.82) is 0 Å². The predicted octanol–water partition coefficient (Wildman–Crippen LogP) is 4.40. The molecule has 1 aromatic heterocycles. The van der Waals surface area contributed by atoms with Crippen LogP contribution >= 0.6 is 11.3 Å². The van der Waals surface area contributed by atoms with Crippen LogP contribution in [0.25, 0.3) is 11.3 Å². The Balaban J connectivity index is 1.66. The molecular formula is C17H18F3N3OS. The van der Waals surface area contributed by atoms with Crippen LogP contribution < -0.4 is 15.4 Å². The SMILES string of the molecule is C=C(N)C1CCN(c2nc(-c3ccc(OC(F)(F)F)cc3)cs2)CC1. The summed E-state index contributed by atoms with van der Waals surface area (Å²) in [7, 11) is 0. The predicted molar refractivity (Wildman–Crippen MR) is 92.5 cm³/mol. The second-order valence-corrected chi connectivity index (χ2v) is 6.76. The molecule has 0 saturated carbocycles. The molecule has 1 aliphatic rings. The Bertz CT molecular complexity index is 734. The standard InChI is InChI=1S/C17H18F3N3OS/c1-11(21)12-6-8-23(9-7-12)16-22-15(10-25-16)13-2-4-14(5-3-13)24-17(18,19)20/h2-5,10,12H,1,6-9,21H2. The van der Waals surface area contributed by atoms with E-state index < -0.39 is 6.36 Å². The quantitative estimate of drug-likeness (QED) is 0.868. The van der Waals surface area contributed by atoms with Crippen LogP contribution in [-0.2, 0) is 0 Å². The van der Waals surface area contributed by atoms with Crippen molar-refractivity contribution in [3.63, 3.8) is 0 Å². The fraction of sp³-hybridized carbons (Fsp3) is 0.353. The molecule has 2 aromatic rings. The summed E-state index contributed by atoms with van der Waals surface area (Å²) >= 11 is 1.52. The van der Waals surface area contributed by atoms with Gasteiger partial charge in [-0.1, -0.05) is 6.58 Å². The van der Waals surface area contributed by atoms with Gasteiger partial charge in [-0.15, -0.1) is 24.5 Å². The Kier molecular flexibility index (Phi) is 4.89. The Morgan fingerprint density at radius 1 is 1.24 bits per heavy atom. The maximum absolute atomic E-state index is 12.2. The number of benzene rings is 1. The highest BCUT2D eigenvalue weighted by Gasteiger charge is 2.31. The lowest BCUT2D eigenvalue weighted by Crippen LogP contribution is -2.35. The van der Waals surface area contributed by atoms with Gasteiger partial charge in [0.05, 0.1) is 5.69 Å². The first-order valence-electron chi connectivity index (χ1n) is 7.83. The number of anilines is 1. The second kappa shape index (κ2) is 6.95. The molecule has 4 nitrogen and oxygen atoms in total. The van der Waals surface area contributed by atoms with E-state index in [1.54, 1.807) is 12.1 Å². The minimum Gasteiger partial charge on any atom is -0.406 e. The van der Waals surface area contributed by atoms with Crippen LogP contribution in [0.1, 0.15) is 12.8 Å². The third kappa shape index (κ3) is 4.45. The Morgan fingerprint density at radius 2 is 1.88 bits per heavy atom. The monoisotopic (exact) mass is 369 g/mol. The topological polar surface area (TPSA) is 51.4 Å². The number of aromatic nitrogens is 1. The third-order valence-electron chi connectivity index (χ3n) is 4.17. The van der Waals surface area contributed by atoms with Gasteiger partial charge in [-0.3, -0.25) is 0 Å². The van der Waals surface area contributed by atoms with E-state index in [1.165, 1.54) is 23.5 Å². The number of nitrogens with two attached hydrogens (primary N) is 1. The maximum Gasteiger partial charge on any atom is 0.573 e. The molecule has 1 aliphatic heterocycles. The Morgan fingerprint density at radius 3 is 2.44 bits per heavy atom. The van der Waals surface area contributed by atoms with Crippen molar-refractivity contribution in [1.82, 2.24) is 4.98 Å². The van der Waals surface area contributed by atoms with E-state index in [2.05, 4.69) is 21.2 Å². The van der Waals surface area contributed by atoms with Gasteiger partial charge in [0.15, 0.2) is 5.13 Å². The van der Waals surface area contributed by atoms with E-state index in [-0.39, 0.29) is 5.75 Å². The first-order valence-corrected chi connectivity index (χ1v) is 8.71. The molecule has 3 rings (SSSR count). The average molecular weight is 369 g/mol. The number of alkyl halides is 3. The molecule has 0 spiro atoms. The lowest BCUT2D eigenvalue weighted by molar-refractivity contribution is -0.274. The lowest BCUT2D eigenvalue weighted by atomic mass is 9.95. The Hall–Kier alpha value is -2.22. The second-order valence-electron chi connectivity index (χ2n) is 5.92. The molecular weight excluding hydrogens is 351 g/mol. The molecule has 25 heavy (non-hydrogen) atoms. The van der Waals surface area contributed by atoms with E-state index >= 15 is 0 Å². The van der Waals surface area contributed by atoms with Gasteiger partial charge in [0, 0.05) is 35.6 Å². The molecule has 2 heterocycles. The van der Waals surface area contributed by atoms with Gasteiger partial charge in [-0.25, -0.2) is 4.98 Å². The fourth-order valence-corrected chi connectivity index (χ4v) is 3.70. The third-order valence-corrected chi connectivity index (χ3v) is 5.07. The smallest absolute Gasteiger partial charge is 0.406 e. The van der Waals surface area contributed by atoms with Gasteiger partial charge in [0.2, 0.25) is 0 Å². The molecule has 1 aromatic carbocycles. The fourth-order valence-electron chi connectivity index (χ4n) is 2.81. The highest BCUT2D eigenvalue weighted by Crippen LogP contribution is 2.32. The van der Waals surface area contributed by atoms with Crippen LogP contribution in [0.2, 0.25) is 0 Å². The molecule has 0 atom stereocenters. The normalized spacial score (nSPS) is 16.0. The number of hydrogen-bond donors (Lipinski definition) is 1. The van der Waals surface area contributed by atoms with Crippen molar-refractivity contribution in [2.45, 2.75) is 19.2 Å². The van der Waals surface area contributed by atoms with E-state index in [0.29, 0.717) is 5.92 Å². The van der Waals surface area contributed by atoms with Gasteiger partial charge < -0.3 is 15.4 Å². The van der Waals surface area contributed by atoms with E-state index in [1.807, 2.05) is 5.38 Å². The highest BCUT2D eigenvalue weighted by molar-refractivity contribution is 7.14. The summed E-state index contributed by atoms with van der Waals surface area (Å²) in [6, 6.07) is 5.73. The number of ether oxygens (including phenoxy) is 1. The zero-order valence-electron chi connectivity index (χ0n) is 13.4. The van der Waals surface area contributed by atoms with Crippen molar-refractivity contribution < 1.29 is 17.9 Å². The molecule has 1 fully saturated rings.